The molecule has 0 bridgehead atoms. The number of piperidine rings is 1. The molecule has 0 saturated carbocycles. The number of halogens is 2. The average Bonchev–Trinajstić information content (AvgIpc) is 2.36. The Balaban J connectivity index is 1.96. The first-order chi connectivity index (χ1) is 8.97. The maximum atomic E-state index is 9.91. The second-order valence-electron chi connectivity index (χ2n) is 5.33. The van der Waals surface area contributed by atoms with Crippen molar-refractivity contribution in [1.82, 2.24) is 10.2 Å². The van der Waals surface area contributed by atoms with Crippen LogP contribution in [0.25, 0.3) is 0 Å². The first-order valence-corrected chi connectivity index (χ1v) is 7.33. The minimum atomic E-state index is 0.125. The molecule has 0 aliphatic carbocycles. The highest BCUT2D eigenvalue weighted by Crippen LogP contribution is 2.31. The number of rotatable bonds is 3. The fraction of sp³-hybridized carbons (Fsp3) is 0.571. The van der Waals surface area contributed by atoms with Crippen LogP contribution in [0.3, 0.4) is 0 Å². The van der Waals surface area contributed by atoms with E-state index in [-0.39, 0.29) is 5.75 Å². The van der Waals surface area contributed by atoms with E-state index in [1.807, 2.05) is 0 Å². The molecule has 5 heteroatoms. The lowest BCUT2D eigenvalue weighted by atomic mass is 9.98. The molecule has 1 heterocycles. The minimum absolute atomic E-state index is 0.125. The van der Waals surface area contributed by atoms with Gasteiger partial charge in [-0.25, -0.2) is 0 Å². The number of nitrogens with one attached hydrogen (secondary N) is 1. The molecular formula is C14H20Cl2N2O. The molecule has 2 rings (SSSR count). The molecule has 0 spiro atoms. The Bertz CT molecular complexity index is 453. The van der Waals surface area contributed by atoms with Crippen molar-refractivity contribution in [2.45, 2.75) is 38.4 Å². The van der Waals surface area contributed by atoms with Crippen LogP contribution in [0.4, 0.5) is 0 Å². The molecule has 3 nitrogen and oxygen atoms in total. The van der Waals surface area contributed by atoms with Crippen LogP contribution in [0.2, 0.25) is 10.0 Å². The molecule has 1 aromatic rings. The predicted octanol–water partition coefficient (Wildman–Crippen LogP) is 3.27. The van der Waals surface area contributed by atoms with E-state index in [1.54, 1.807) is 12.1 Å². The van der Waals surface area contributed by atoms with Crippen LogP contribution in [0, 0.1) is 0 Å². The van der Waals surface area contributed by atoms with Crippen LogP contribution < -0.4 is 5.32 Å². The van der Waals surface area contributed by atoms with Gasteiger partial charge in [0, 0.05) is 29.2 Å². The van der Waals surface area contributed by atoms with E-state index in [1.165, 1.54) is 0 Å². The summed E-state index contributed by atoms with van der Waals surface area (Å²) >= 11 is 11.9. The Morgan fingerprint density at radius 2 is 2.16 bits per heavy atom. The fourth-order valence-corrected chi connectivity index (χ4v) is 3.02. The van der Waals surface area contributed by atoms with Crippen molar-refractivity contribution in [1.29, 1.82) is 0 Å². The summed E-state index contributed by atoms with van der Waals surface area (Å²) in [6.45, 7) is 3.93. The van der Waals surface area contributed by atoms with Gasteiger partial charge in [0.1, 0.15) is 5.75 Å². The van der Waals surface area contributed by atoms with Gasteiger partial charge < -0.3 is 15.3 Å². The highest BCUT2D eigenvalue weighted by molar-refractivity contribution is 6.35. The number of phenolic OH excluding ortho intramolecular Hbond substituents is 1. The highest BCUT2D eigenvalue weighted by Gasteiger charge is 2.22. The molecule has 2 unspecified atom stereocenters. The highest BCUT2D eigenvalue weighted by atomic mass is 35.5. The zero-order chi connectivity index (χ0) is 14.0. The van der Waals surface area contributed by atoms with E-state index in [9.17, 15) is 5.11 Å². The topological polar surface area (TPSA) is 35.5 Å². The third-order valence-corrected chi connectivity index (χ3v) is 4.40. The third-order valence-electron chi connectivity index (χ3n) is 3.90. The minimum Gasteiger partial charge on any atom is -0.506 e. The van der Waals surface area contributed by atoms with Crippen molar-refractivity contribution >= 4 is 23.2 Å². The number of phenols is 1. The van der Waals surface area contributed by atoms with Crippen LogP contribution in [0.5, 0.6) is 5.75 Å². The molecular weight excluding hydrogens is 283 g/mol. The third kappa shape index (κ3) is 3.76. The number of aromatic hydroxyl groups is 1. The zero-order valence-electron chi connectivity index (χ0n) is 11.3. The van der Waals surface area contributed by atoms with E-state index in [4.69, 9.17) is 23.2 Å². The summed E-state index contributed by atoms with van der Waals surface area (Å²) in [5.41, 5.74) is 0.754. The maximum absolute atomic E-state index is 9.91. The normalized spacial score (nSPS) is 24.6. The summed E-state index contributed by atoms with van der Waals surface area (Å²) in [6.07, 6.45) is 2.24. The first kappa shape index (κ1) is 14.9. The Kier molecular flexibility index (Phi) is 4.96. The molecule has 106 valence electrons. The Labute approximate surface area is 124 Å². The molecule has 1 fully saturated rings. The summed E-state index contributed by atoms with van der Waals surface area (Å²) in [4.78, 5) is 2.37. The first-order valence-electron chi connectivity index (χ1n) is 6.58. The number of hydrogen-bond donors (Lipinski definition) is 2. The summed E-state index contributed by atoms with van der Waals surface area (Å²) in [5.74, 6) is 0.125. The van der Waals surface area contributed by atoms with Gasteiger partial charge in [-0.15, -0.1) is 0 Å². The summed E-state index contributed by atoms with van der Waals surface area (Å²) < 4.78 is 0. The number of nitrogens with zero attached hydrogens (tertiary/aromatic N) is 1. The van der Waals surface area contributed by atoms with Crippen LogP contribution in [-0.4, -0.2) is 35.7 Å². The Morgan fingerprint density at radius 1 is 1.42 bits per heavy atom. The van der Waals surface area contributed by atoms with E-state index >= 15 is 0 Å². The van der Waals surface area contributed by atoms with Gasteiger partial charge in [0.15, 0.2) is 0 Å². The standard InChI is InChI=1S/C14H20Cl2N2O/c1-9-5-12(3-4-18(9)2)17-8-10-6-11(15)7-13(16)14(10)19/h6-7,9,12,17,19H,3-5,8H2,1-2H3. The second kappa shape index (κ2) is 6.31. The van der Waals surface area contributed by atoms with Gasteiger partial charge in [-0.3, -0.25) is 0 Å². The van der Waals surface area contributed by atoms with Gasteiger partial charge in [-0.05, 0) is 45.5 Å². The van der Waals surface area contributed by atoms with E-state index in [0.717, 1.165) is 24.9 Å². The largest absolute Gasteiger partial charge is 0.506 e. The quantitative estimate of drug-likeness (QED) is 0.899. The molecule has 0 radical (unpaired) electrons. The molecule has 1 aromatic carbocycles. The molecule has 1 aliphatic rings. The second-order valence-corrected chi connectivity index (χ2v) is 6.17. The van der Waals surface area contributed by atoms with E-state index in [2.05, 4.69) is 24.2 Å². The number of likely N-dealkylation sites (tertiary alicyclic amines) is 1. The van der Waals surface area contributed by atoms with Crippen molar-refractivity contribution in [3.05, 3.63) is 27.7 Å². The molecule has 0 aromatic heterocycles. The van der Waals surface area contributed by atoms with E-state index < -0.39 is 0 Å². The number of hydrogen-bond acceptors (Lipinski definition) is 3. The van der Waals surface area contributed by atoms with Crippen LogP contribution in [-0.2, 0) is 6.54 Å². The molecule has 19 heavy (non-hydrogen) atoms. The lowest BCUT2D eigenvalue weighted by Gasteiger charge is -2.35. The van der Waals surface area contributed by atoms with Crippen molar-refractivity contribution in [3.63, 3.8) is 0 Å². The summed E-state index contributed by atoms with van der Waals surface area (Å²) in [5, 5.41) is 14.2. The average molecular weight is 303 g/mol. The van der Waals surface area contributed by atoms with Gasteiger partial charge in [0.25, 0.3) is 0 Å². The molecule has 1 saturated heterocycles. The predicted molar refractivity (Wildman–Crippen MR) is 80.1 cm³/mol. The van der Waals surface area contributed by atoms with Crippen LogP contribution in [0.15, 0.2) is 12.1 Å². The zero-order valence-corrected chi connectivity index (χ0v) is 12.8. The van der Waals surface area contributed by atoms with Crippen molar-refractivity contribution < 1.29 is 5.11 Å². The Hall–Kier alpha value is -0.480. The van der Waals surface area contributed by atoms with Gasteiger partial charge in [-0.2, -0.15) is 0 Å². The van der Waals surface area contributed by atoms with Crippen molar-refractivity contribution in [2.24, 2.45) is 0 Å². The molecule has 1 aliphatic heterocycles. The van der Waals surface area contributed by atoms with Gasteiger partial charge in [-0.1, -0.05) is 23.2 Å². The van der Waals surface area contributed by atoms with Crippen molar-refractivity contribution in [2.75, 3.05) is 13.6 Å². The molecule has 2 atom stereocenters. The van der Waals surface area contributed by atoms with Gasteiger partial charge in [0.05, 0.1) is 5.02 Å². The Morgan fingerprint density at radius 3 is 2.84 bits per heavy atom. The maximum Gasteiger partial charge on any atom is 0.138 e. The van der Waals surface area contributed by atoms with E-state index in [0.29, 0.717) is 28.7 Å². The SMILES string of the molecule is CC1CC(NCc2cc(Cl)cc(Cl)c2O)CCN1C. The number of benzene rings is 1. The van der Waals surface area contributed by atoms with Crippen LogP contribution >= 0.6 is 23.2 Å². The lowest BCUT2D eigenvalue weighted by molar-refractivity contribution is 0.168. The van der Waals surface area contributed by atoms with Gasteiger partial charge in [0.2, 0.25) is 0 Å². The van der Waals surface area contributed by atoms with Crippen LogP contribution in [0.1, 0.15) is 25.3 Å². The van der Waals surface area contributed by atoms with Crippen molar-refractivity contribution in [3.8, 4) is 5.75 Å². The molecule has 0 amide bonds. The summed E-state index contributed by atoms with van der Waals surface area (Å²) in [7, 11) is 2.16. The van der Waals surface area contributed by atoms with Gasteiger partial charge >= 0.3 is 0 Å². The smallest absolute Gasteiger partial charge is 0.138 e. The lowest BCUT2D eigenvalue weighted by Crippen LogP contribution is -2.45. The fourth-order valence-electron chi connectivity index (χ4n) is 2.48. The monoisotopic (exact) mass is 302 g/mol. The summed E-state index contributed by atoms with van der Waals surface area (Å²) in [6, 6.07) is 4.37. The molecule has 2 N–H and O–H groups in total.